The molecule has 1 unspecified atom stereocenters. The lowest BCUT2D eigenvalue weighted by atomic mass is 9.94. The van der Waals surface area contributed by atoms with Gasteiger partial charge in [-0.1, -0.05) is 89.0 Å². The van der Waals surface area contributed by atoms with Crippen molar-refractivity contribution in [3.63, 3.8) is 0 Å². The van der Waals surface area contributed by atoms with E-state index < -0.39 is 5.54 Å². The summed E-state index contributed by atoms with van der Waals surface area (Å²) in [5, 5.41) is 9.21. The molecule has 152 valence electrons. The van der Waals surface area contributed by atoms with Gasteiger partial charge < -0.3 is 10.8 Å². The average Bonchev–Trinajstić information content (AvgIpc) is 2.62. The lowest BCUT2D eigenvalue weighted by Crippen LogP contribution is -2.40. The summed E-state index contributed by atoms with van der Waals surface area (Å²) in [6.07, 6.45) is 16.9. The zero-order chi connectivity index (χ0) is 18.4. The predicted molar refractivity (Wildman–Crippen MR) is 117 cm³/mol. The maximum atomic E-state index is 9.21. The van der Waals surface area contributed by atoms with Crippen molar-refractivity contribution >= 4 is 12.4 Å². The van der Waals surface area contributed by atoms with Crippen LogP contribution in [0.4, 0.5) is 0 Å². The minimum absolute atomic E-state index is 0. The third-order valence-electron chi connectivity index (χ3n) is 5.19. The highest BCUT2D eigenvalue weighted by Crippen LogP contribution is 2.15. The monoisotopic (exact) mass is 383 g/mol. The number of hydrogen-bond donors (Lipinski definition) is 2. The lowest BCUT2D eigenvalue weighted by Gasteiger charge is -2.21. The van der Waals surface area contributed by atoms with Crippen LogP contribution in [0.5, 0.6) is 0 Å². The zero-order valence-electron chi connectivity index (χ0n) is 17.1. The Morgan fingerprint density at radius 3 is 1.65 bits per heavy atom. The summed E-state index contributed by atoms with van der Waals surface area (Å²) in [5.74, 6) is 0. The molecule has 3 N–H and O–H groups in total. The Hall–Kier alpha value is -0.570. The van der Waals surface area contributed by atoms with Crippen LogP contribution in [0.25, 0.3) is 0 Å². The normalized spacial score (nSPS) is 13.2. The van der Waals surface area contributed by atoms with Crippen molar-refractivity contribution in [1.82, 2.24) is 0 Å². The van der Waals surface area contributed by atoms with Gasteiger partial charge in [-0.2, -0.15) is 0 Å². The molecule has 1 rings (SSSR count). The number of aliphatic hydroxyl groups is 1. The first-order valence-electron chi connectivity index (χ1n) is 10.5. The molecule has 3 heteroatoms. The minimum atomic E-state index is -0.464. The molecule has 0 heterocycles. The van der Waals surface area contributed by atoms with Crippen LogP contribution in [0.2, 0.25) is 0 Å². The molecule has 0 fully saturated rings. The first-order valence-corrected chi connectivity index (χ1v) is 10.5. The molecular formula is C23H42ClNO. The number of nitrogens with two attached hydrogens (primary N) is 1. The zero-order valence-corrected chi connectivity index (χ0v) is 18.0. The van der Waals surface area contributed by atoms with Crippen LogP contribution in [0.3, 0.4) is 0 Å². The first kappa shape index (κ1) is 25.4. The highest BCUT2D eigenvalue weighted by molar-refractivity contribution is 5.85. The van der Waals surface area contributed by atoms with E-state index >= 15 is 0 Å². The molecule has 0 bridgehead atoms. The Labute approximate surface area is 168 Å². The summed E-state index contributed by atoms with van der Waals surface area (Å²) in [5.41, 5.74) is 8.29. The minimum Gasteiger partial charge on any atom is -0.394 e. The van der Waals surface area contributed by atoms with E-state index in [4.69, 9.17) is 5.73 Å². The van der Waals surface area contributed by atoms with E-state index in [0.29, 0.717) is 0 Å². The fourth-order valence-corrected chi connectivity index (χ4v) is 3.20. The van der Waals surface area contributed by atoms with Gasteiger partial charge in [0.2, 0.25) is 0 Å². The van der Waals surface area contributed by atoms with Crippen LogP contribution in [-0.2, 0) is 12.8 Å². The summed E-state index contributed by atoms with van der Waals surface area (Å²) in [4.78, 5) is 0. The van der Waals surface area contributed by atoms with E-state index in [0.717, 1.165) is 12.8 Å². The van der Waals surface area contributed by atoms with E-state index in [1.54, 1.807) is 0 Å². The smallest absolute Gasteiger partial charge is 0.0608 e. The van der Waals surface area contributed by atoms with Gasteiger partial charge in [0.1, 0.15) is 0 Å². The van der Waals surface area contributed by atoms with Crippen molar-refractivity contribution in [2.24, 2.45) is 5.73 Å². The Kier molecular flexibility index (Phi) is 15.1. The molecule has 1 atom stereocenters. The van der Waals surface area contributed by atoms with Crippen LogP contribution < -0.4 is 5.73 Å². The van der Waals surface area contributed by atoms with Gasteiger partial charge in [0.15, 0.2) is 0 Å². The third-order valence-corrected chi connectivity index (χ3v) is 5.19. The van der Waals surface area contributed by atoms with Crippen molar-refractivity contribution in [2.75, 3.05) is 6.61 Å². The molecule has 0 aliphatic heterocycles. The molecule has 0 aromatic heterocycles. The highest BCUT2D eigenvalue weighted by atomic mass is 35.5. The fourth-order valence-electron chi connectivity index (χ4n) is 3.20. The van der Waals surface area contributed by atoms with Gasteiger partial charge in [-0.05, 0) is 43.7 Å². The molecule has 1 aromatic rings. The Morgan fingerprint density at radius 2 is 1.19 bits per heavy atom. The second-order valence-corrected chi connectivity index (χ2v) is 8.06. The van der Waals surface area contributed by atoms with Gasteiger partial charge >= 0.3 is 0 Å². The lowest BCUT2D eigenvalue weighted by molar-refractivity contribution is 0.200. The summed E-state index contributed by atoms with van der Waals surface area (Å²) < 4.78 is 0. The van der Waals surface area contributed by atoms with Gasteiger partial charge in [0.05, 0.1) is 6.61 Å². The number of unbranched alkanes of at least 4 members (excludes halogenated alkanes) is 9. The van der Waals surface area contributed by atoms with Gasteiger partial charge in [-0.25, -0.2) is 0 Å². The number of rotatable bonds is 15. The van der Waals surface area contributed by atoms with Crippen LogP contribution in [0, 0.1) is 0 Å². The third kappa shape index (κ3) is 12.7. The first-order chi connectivity index (χ1) is 12.1. The van der Waals surface area contributed by atoms with E-state index in [9.17, 15) is 5.11 Å². The molecule has 0 aliphatic carbocycles. The molecule has 0 spiro atoms. The number of benzene rings is 1. The maximum Gasteiger partial charge on any atom is 0.0608 e. The number of aryl methyl sites for hydroxylation is 2. The fraction of sp³-hybridized carbons (Fsp3) is 0.739. The summed E-state index contributed by atoms with van der Waals surface area (Å²) >= 11 is 0. The standard InChI is InChI=1S/C23H41NO.ClH/c1-3-4-5-6-7-8-9-10-11-12-13-21-14-16-22(17-15-21)18-19-23(2,24)20-25;/h14-17,25H,3-13,18-20,24H2,1-2H3;1H. The van der Waals surface area contributed by atoms with Crippen molar-refractivity contribution < 1.29 is 5.11 Å². The second kappa shape index (κ2) is 15.5. The van der Waals surface area contributed by atoms with Gasteiger partial charge in [0, 0.05) is 5.54 Å². The molecule has 0 aliphatic rings. The van der Waals surface area contributed by atoms with Crippen LogP contribution in [0.1, 0.15) is 95.6 Å². The van der Waals surface area contributed by atoms with Crippen LogP contribution in [0.15, 0.2) is 24.3 Å². The topological polar surface area (TPSA) is 46.2 Å². The molecule has 2 nitrogen and oxygen atoms in total. The van der Waals surface area contributed by atoms with Crippen molar-refractivity contribution in [2.45, 2.75) is 103 Å². The number of hydrogen-bond acceptors (Lipinski definition) is 2. The van der Waals surface area contributed by atoms with Crippen molar-refractivity contribution in [3.05, 3.63) is 35.4 Å². The summed E-state index contributed by atoms with van der Waals surface area (Å²) in [6, 6.07) is 8.96. The van der Waals surface area contributed by atoms with E-state index in [2.05, 4.69) is 31.2 Å². The summed E-state index contributed by atoms with van der Waals surface area (Å²) in [6.45, 7) is 4.23. The Bertz CT molecular complexity index is 430. The molecule has 0 radical (unpaired) electrons. The Balaban J connectivity index is 0.00000625. The van der Waals surface area contributed by atoms with Gasteiger partial charge in [-0.15, -0.1) is 12.4 Å². The molecule has 0 amide bonds. The average molecular weight is 384 g/mol. The number of aliphatic hydroxyl groups excluding tert-OH is 1. The predicted octanol–water partition coefficient (Wildman–Crippen LogP) is 6.21. The maximum absolute atomic E-state index is 9.21. The van der Waals surface area contributed by atoms with Crippen molar-refractivity contribution in [3.8, 4) is 0 Å². The molecule has 1 aromatic carbocycles. The molecule has 0 saturated carbocycles. The summed E-state index contributed by atoms with van der Waals surface area (Å²) in [7, 11) is 0. The second-order valence-electron chi connectivity index (χ2n) is 8.06. The Morgan fingerprint density at radius 1 is 0.769 bits per heavy atom. The molecule has 26 heavy (non-hydrogen) atoms. The largest absolute Gasteiger partial charge is 0.394 e. The van der Waals surface area contributed by atoms with Crippen LogP contribution in [-0.4, -0.2) is 17.3 Å². The SMILES string of the molecule is CCCCCCCCCCCCc1ccc(CCC(C)(N)CO)cc1.Cl. The molecule has 0 saturated heterocycles. The quantitative estimate of drug-likeness (QED) is 0.353. The van der Waals surface area contributed by atoms with Gasteiger partial charge in [0.25, 0.3) is 0 Å². The van der Waals surface area contributed by atoms with Crippen LogP contribution >= 0.6 is 12.4 Å². The van der Waals surface area contributed by atoms with Gasteiger partial charge in [-0.3, -0.25) is 0 Å². The van der Waals surface area contributed by atoms with Crippen molar-refractivity contribution in [1.29, 1.82) is 0 Å². The van der Waals surface area contributed by atoms with E-state index in [-0.39, 0.29) is 19.0 Å². The molecular weight excluding hydrogens is 342 g/mol. The number of halogens is 1. The highest BCUT2D eigenvalue weighted by Gasteiger charge is 2.16. The van der Waals surface area contributed by atoms with E-state index in [1.807, 2.05) is 6.92 Å². The van der Waals surface area contributed by atoms with E-state index in [1.165, 1.54) is 81.8 Å².